The second-order valence-electron chi connectivity index (χ2n) is 2.31. The fourth-order valence-corrected chi connectivity index (χ4v) is 1.66. The van der Waals surface area contributed by atoms with Gasteiger partial charge in [-0.15, -0.1) is 11.3 Å². The number of nitrogens with two attached hydrogens (primary N) is 1. The zero-order valence-electron chi connectivity index (χ0n) is 6.90. The Bertz CT molecular complexity index is 359. The van der Waals surface area contributed by atoms with Crippen LogP contribution >= 0.6 is 11.3 Å². The van der Waals surface area contributed by atoms with E-state index >= 15 is 0 Å². The summed E-state index contributed by atoms with van der Waals surface area (Å²) in [7, 11) is 0. The van der Waals surface area contributed by atoms with Crippen LogP contribution in [0.25, 0.3) is 0 Å². The van der Waals surface area contributed by atoms with Gasteiger partial charge in [0.15, 0.2) is 5.13 Å². The molecule has 0 unspecified atom stereocenters. The quantitative estimate of drug-likeness (QED) is 0.549. The molecular weight excluding hydrogens is 192 g/mol. The molecule has 0 amide bonds. The lowest BCUT2D eigenvalue weighted by Gasteiger charge is -1.92. The molecule has 0 atom stereocenters. The van der Waals surface area contributed by atoms with Crippen molar-refractivity contribution in [3.63, 3.8) is 0 Å². The van der Waals surface area contributed by atoms with Gasteiger partial charge in [0.1, 0.15) is 5.69 Å². The number of hydrogen-bond acceptors (Lipinski definition) is 5. The SMILES string of the molecule is CCc1sc(N)nc1C(=O)C(=O)O. The molecule has 0 saturated heterocycles. The van der Waals surface area contributed by atoms with Gasteiger partial charge >= 0.3 is 5.97 Å². The van der Waals surface area contributed by atoms with Crippen LogP contribution in [0.2, 0.25) is 0 Å². The highest BCUT2D eigenvalue weighted by Gasteiger charge is 2.21. The third kappa shape index (κ3) is 1.83. The first-order valence-corrected chi connectivity index (χ1v) is 4.40. The highest BCUT2D eigenvalue weighted by Crippen LogP contribution is 2.21. The molecule has 1 heterocycles. The van der Waals surface area contributed by atoms with Crippen LogP contribution in [-0.4, -0.2) is 21.8 Å². The maximum absolute atomic E-state index is 11.0. The number of nitrogen functional groups attached to an aromatic ring is 1. The van der Waals surface area contributed by atoms with E-state index in [0.29, 0.717) is 11.3 Å². The van der Waals surface area contributed by atoms with E-state index in [1.165, 1.54) is 0 Å². The number of thiazole rings is 1. The lowest BCUT2D eigenvalue weighted by atomic mass is 10.2. The standard InChI is InChI=1S/C7H8N2O3S/c1-2-3-4(5(10)6(11)12)9-7(8)13-3/h2H2,1H3,(H2,8,9)(H,11,12). The molecule has 13 heavy (non-hydrogen) atoms. The Labute approximate surface area is 78.2 Å². The van der Waals surface area contributed by atoms with Crippen LogP contribution in [0, 0.1) is 0 Å². The number of rotatable bonds is 3. The summed E-state index contributed by atoms with van der Waals surface area (Å²) in [5.41, 5.74) is 5.33. The maximum atomic E-state index is 11.0. The monoisotopic (exact) mass is 200 g/mol. The largest absolute Gasteiger partial charge is 0.475 e. The summed E-state index contributed by atoms with van der Waals surface area (Å²) in [6, 6.07) is 0. The number of ketones is 1. The van der Waals surface area contributed by atoms with E-state index in [4.69, 9.17) is 10.8 Å². The van der Waals surface area contributed by atoms with Crippen LogP contribution in [0.15, 0.2) is 0 Å². The van der Waals surface area contributed by atoms with Crippen molar-refractivity contribution in [1.82, 2.24) is 4.98 Å². The molecule has 70 valence electrons. The second kappa shape index (κ2) is 3.53. The fourth-order valence-electron chi connectivity index (χ4n) is 0.888. The summed E-state index contributed by atoms with van der Waals surface area (Å²) in [5, 5.41) is 8.66. The third-order valence-corrected chi connectivity index (χ3v) is 2.47. The number of aliphatic carboxylic acids is 1. The van der Waals surface area contributed by atoms with Crippen LogP contribution in [0.4, 0.5) is 5.13 Å². The first kappa shape index (κ1) is 9.66. The number of carbonyl (C=O) groups excluding carboxylic acids is 1. The van der Waals surface area contributed by atoms with E-state index in [0.717, 1.165) is 11.3 Å². The normalized spacial score (nSPS) is 9.92. The minimum absolute atomic E-state index is 0.0301. The van der Waals surface area contributed by atoms with E-state index in [-0.39, 0.29) is 10.8 Å². The number of anilines is 1. The minimum atomic E-state index is -1.50. The van der Waals surface area contributed by atoms with Gasteiger partial charge in [0.05, 0.1) is 0 Å². The zero-order valence-corrected chi connectivity index (χ0v) is 7.72. The Morgan fingerprint density at radius 1 is 1.62 bits per heavy atom. The Morgan fingerprint density at radius 3 is 2.69 bits per heavy atom. The summed E-state index contributed by atoms with van der Waals surface area (Å²) < 4.78 is 0. The Kier molecular flexibility index (Phi) is 2.62. The van der Waals surface area contributed by atoms with E-state index in [9.17, 15) is 9.59 Å². The van der Waals surface area contributed by atoms with Crippen molar-refractivity contribution < 1.29 is 14.7 Å². The Hall–Kier alpha value is -1.43. The number of aryl methyl sites for hydroxylation is 1. The molecule has 0 aliphatic heterocycles. The van der Waals surface area contributed by atoms with Crippen LogP contribution in [0.3, 0.4) is 0 Å². The van der Waals surface area contributed by atoms with E-state index in [1.54, 1.807) is 0 Å². The Morgan fingerprint density at radius 2 is 2.23 bits per heavy atom. The molecule has 5 nitrogen and oxygen atoms in total. The molecule has 6 heteroatoms. The van der Waals surface area contributed by atoms with Gasteiger partial charge in [0.25, 0.3) is 5.78 Å². The number of aromatic nitrogens is 1. The van der Waals surface area contributed by atoms with Gasteiger partial charge in [-0.05, 0) is 6.42 Å². The molecule has 0 aromatic carbocycles. The highest BCUT2D eigenvalue weighted by atomic mass is 32.1. The summed E-state index contributed by atoms with van der Waals surface area (Å²) >= 11 is 1.14. The van der Waals surface area contributed by atoms with Crippen molar-refractivity contribution in [1.29, 1.82) is 0 Å². The lowest BCUT2D eigenvalue weighted by molar-refractivity contribution is -0.131. The van der Waals surface area contributed by atoms with Gasteiger partial charge in [-0.1, -0.05) is 6.92 Å². The lowest BCUT2D eigenvalue weighted by Crippen LogP contribution is -2.14. The summed E-state index contributed by atoms with van der Waals surface area (Å²) in [5.74, 6) is -2.50. The molecule has 1 rings (SSSR count). The first-order chi connectivity index (χ1) is 6.06. The van der Waals surface area contributed by atoms with Crippen molar-refractivity contribution in [2.45, 2.75) is 13.3 Å². The molecule has 0 bridgehead atoms. The van der Waals surface area contributed by atoms with Crippen molar-refractivity contribution in [2.24, 2.45) is 0 Å². The van der Waals surface area contributed by atoms with E-state index in [2.05, 4.69) is 4.98 Å². The predicted octanol–water partition coefficient (Wildman–Crippen LogP) is 0.555. The topological polar surface area (TPSA) is 93.3 Å². The number of nitrogens with zero attached hydrogens (tertiary/aromatic N) is 1. The second-order valence-corrected chi connectivity index (χ2v) is 3.43. The summed E-state index contributed by atoms with van der Waals surface area (Å²) in [4.78, 5) is 25.7. The van der Waals surface area contributed by atoms with E-state index in [1.807, 2.05) is 6.92 Å². The number of carboxylic acids is 1. The van der Waals surface area contributed by atoms with Crippen LogP contribution in [0.5, 0.6) is 0 Å². The molecule has 0 aliphatic rings. The molecule has 0 spiro atoms. The average Bonchev–Trinajstić information content (AvgIpc) is 2.45. The Balaban J connectivity index is 3.12. The van der Waals surface area contributed by atoms with Gasteiger partial charge in [0.2, 0.25) is 0 Å². The summed E-state index contributed by atoms with van der Waals surface area (Å²) in [6.45, 7) is 1.81. The van der Waals surface area contributed by atoms with Crippen molar-refractivity contribution in [3.8, 4) is 0 Å². The van der Waals surface area contributed by atoms with Crippen molar-refractivity contribution in [3.05, 3.63) is 10.6 Å². The van der Waals surface area contributed by atoms with Gasteiger partial charge in [-0.3, -0.25) is 4.79 Å². The zero-order chi connectivity index (χ0) is 10.0. The molecule has 1 aromatic heterocycles. The molecule has 1 aromatic rings. The summed E-state index contributed by atoms with van der Waals surface area (Å²) in [6.07, 6.45) is 0.559. The average molecular weight is 200 g/mol. The molecule has 3 N–H and O–H groups in total. The number of hydrogen-bond donors (Lipinski definition) is 2. The number of Topliss-reactive ketones (excluding diaryl/α,β-unsaturated/α-hetero) is 1. The maximum Gasteiger partial charge on any atom is 0.378 e. The highest BCUT2D eigenvalue weighted by molar-refractivity contribution is 7.15. The molecule has 0 saturated carbocycles. The minimum Gasteiger partial charge on any atom is -0.475 e. The van der Waals surface area contributed by atoms with Gasteiger partial charge in [0, 0.05) is 4.88 Å². The molecular formula is C7H8N2O3S. The van der Waals surface area contributed by atoms with Crippen molar-refractivity contribution >= 4 is 28.2 Å². The molecule has 0 aliphatic carbocycles. The smallest absolute Gasteiger partial charge is 0.378 e. The fraction of sp³-hybridized carbons (Fsp3) is 0.286. The van der Waals surface area contributed by atoms with Crippen LogP contribution < -0.4 is 5.73 Å². The van der Waals surface area contributed by atoms with E-state index < -0.39 is 11.8 Å². The van der Waals surface area contributed by atoms with Crippen molar-refractivity contribution in [2.75, 3.05) is 5.73 Å². The molecule has 0 fully saturated rings. The first-order valence-electron chi connectivity index (χ1n) is 3.59. The van der Waals surface area contributed by atoms with Gasteiger partial charge < -0.3 is 10.8 Å². The number of carbonyl (C=O) groups is 2. The van der Waals surface area contributed by atoms with Crippen LogP contribution in [-0.2, 0) is 11.2 Å². The third-order valence-electron chi connectivity index (χ3n) is 1.44. The van der Waals surface area contributed by atoms with Gasteiger partial charge in [-0.25, -0.2) is 9.78 Å². The molecule has 0 radical (unpaired) electrons. The number of carboxylic acid groups (broad SMARTS) is 1. The van der Waals surface area contributed by atoms with Crippen LogP contribution in [0.1, 0.15) is 22.3 Å². The predicted molar refractivity (Wildman–Crippen MR) is 47.9 cm³/mol. The van der Waals surface area contributed by atoms with Gasteiger partial charge in [-0.2, -0.15) is 0 Å².